The number of amides is 2. The second kappa shape index (κ2) is 10.3. The average Bonchev–Trinajstić information content (AvgIpc) is 3.09. The Morgan fingerprint density at radius 2 is 1.78 bits per heavy atom. The number of rotatable bonds is 9. The normalized spacial score (nSPS) is 11.5. The Morgan fingerprint density at radius 3 is 2.37 bits per heavy atom. The Morgan fingerprint density at radius 1 is 1.07 bits per heavy atom. The van der Waals surface area contributed by atoms with E-state index in [-0.39, 0.29) is 17.5 Å². The lowest BCUT2D eigenvalue weighted by molar-refractivity contribution is -0.895. The van der Waals surface area contributed by atoms with E-state index in [1.54, 1.807) is 30.3 Å². The zero-order valence-corrected chi connectivity index (χ0v) is 16.3. The highest BCUT2D eigenvalue weighted by Crippen LogP contribution is 2.07. The molecule has 6 nitrogen and oxygen atoms in total. The summed E-state index contributed by atoms with van der Waals surface area (Å²) in [7, 11) is 1.89. The Hall–Kier alpha value is -2.86. The largest absolute Gasteiger partial charge is 0.351 e. The standard InChI is InChI=1S/C21H28N4O2/c1-4-25(5-2)15-13-22-21(27)19(16-18-12-9-14-24(18)3)23-20(26)17-10-7-6-8-11-17/h6-12,14,16H,4-5,13,15H2,1-3H3,(H,22,27)(H,23,26)/p+1/b19-16+. The van der Waals surface area contributed by atoms with Crippen molar-refractivity contribution in [2.45, 2.75) is 13.8 Å². The van der Waals surface area contributed by atoms with E-state index in [4.69, 9.17) is 0 Å². The van der Waals surface area contributed by atoms with Gasteiger partial charge < -0.3 is 20.1 Å². The number of quaternary nitrogens is 1. The van der Waals surface area contributed by atoms with Crippen molar-refractivity contribution < 1.29 is 14.5 Å². The lowest BCUT2D eigenvalue weighted by Gasteiger charge is -2.16. The summed E-state index contributed by atoms with van der Waals surface area (Å²) in [5.74, 6) is -0.590. The second-order valence-electron chi connectivity index (χ2n) is 6.39. The summed E-state index contributed by atoms with van der Waals surface area (Å²) in [4.78, 5) is 26.6. The van der Waals surface area contributed by atoms with E-state index in [1.165, 1.54) is 4.90 Å². The van der Waals surface area contributed by atoms with Gasteiger partial charge in [-0.15, -0.1) is 0 Å². The molecule has 0 fully saturated rings. The molecule has 2 amide bonds. The van der Waals surface area contributed by atoms with E-state index in [9.17, 15) is 9.59 Å². The van der Waals surface area contributed by atoms with Gasteiger partial charge in [-0.05, 0) is 44.2 Å². The van der Waals surface area contributed by atoms with Gasteiger partial charge in [-0.25, -0.2) is 0 Å². The van der Waals surface area contributed by atoms with E-state index in [0.29, 0.717) is 12.1 Å². The van der Waals surface area contributed by atoms with E-state index < -0.39 is 0 Å². The highest BCUT2D eigenvalue weighted by molar-refractivity contribution is 6.05. The topological polar surface area (TPSA) is 67.6 Å². The molecule has 0 bridgehead atoms. The number of hydrogen-bond donors (Lipinski definition) is 3. The van der Waals surface area contributed by atoms with Crippen molar-refractivity contribution in [1.82, 2.24) is 15.2 Å². The zero-order chi connectivity index (χ0) is 19.6. The molecule has 27 heavy (non-hydrogen) atoms. The van der Waals surface area contributed by atoms with Crippen LogP contribution in [-0.4, -0.2) is 42.6 Å². The van der Waals surface area contributed by atoms with Crippen LogP contribution in [0, 0.1) is 0 Å². The summed E-state index contributed by atoms with van der Waals surface area (Å²) in [5, 5.41) is 5.67. The number of benzene rings is 1. The SMILES string of the molecule is CC[NH+](CC)CCNC(=O)/C(=C\c1cccn1C)NC(=O)c1ccccc1. The molecule has 0 saturated heterocycles. The molecule has 1 aromatic carbocycles. The molecule has 1 aromatic heterocycles. The summed E-state index contributed by atoms with van der Waals surface area (Å²) >= 11 is 0. The number of nitrogens with one attached hydrogen (secondary N) is 3. The number of carbonyl (C=O) groups is 2. The van der Waals surface area contributed by atoms with Gasteiger partial charge in [-0.1, -0.05) is 18.2 Å². The van der Waals surface area contributed by atoms with Gasteiger partial charge in [-0.2, -0.15) is 0 Å². The molecule has 6 heteroatoms. The van der Waals surface area contributed by atoms with Gasteiger partial charge in [0.25, 0.3) is 11.8 Å². The summed E-state index contributed by atoms with van der Waals surface area (Å²) in [5.41, 5.74) is 1.58. The quantitative estimate of drug-likeness (QED) is 0.574. The number of hydrogen-bond acceptors (Lipinski definition) is 2. The van der Waals surface area contributed by atoms with E-state index in [2.05, 4.69) is 24.5 Å². The highest BCUT2D eigenvalue weighted by atomic mass is 16.2. The van der Waals surface area contributed by atoms with Crippen LogP contribution in [0.15, 0.2) is 54.4 Å². The highest BCUT2D eigenvalue weighted by Gasteiger charge is 2.15. The number of nitrogens with zero attached hydrogens (tertiary/aromatic N) is 1. The Kier molecular flexibility index (Phi) is 7.82. The van der Waals surface area contributed by atoms with Crippen molar-refractivity contribution in [3.8, 4) is 0 Å². The van der Waals surface area contributed by atoms with Crippen LogP contribution in [-0.2, 0) is 11.8 Å². The molecule has 0 saturated carbocycles. The summed E-state index contributed by atoms with van der Waals surface area (Å²) in [6.45, 7) is 7.69. The molecule has 0 spiro atoms. The molecule has 3 N–H and O–H groups in total. The van der Waals surface area contributed by atoms with Crippen LogP contribution in [0.1, 0.15) is 29.9 Å². The third-order valence-electron chi connectivity index (χ3n) is 4.57. The number of aromatic nitrogens is 1. The van der Waals surface area contributed by atoms with E-state index in [1.807, 2.05) is 36.0 Å². The van der Waals surface area contributed by atoms with Crippen LogP contribution in [0.5, 0.6) is 0 Å². The van der Waals surface area contributed by atoms with Crippen molar-refractivity contribution in [2.24, 2.45) is 7.05 Å². The lowest BCUT2D eigenvalue weighted by atomic mass is 10.2. The van der Waals surface area contributed by atoms with Gasteiger partial charge in [-0.3, -0.25) is 9.59 Å². The summed E-state index contributed by atoms with van der Waals surface area (Å²) in [6, 6.07) is 12.7. The van der Waals surface area contributed by atoms with Crippen molar-refractivity contribution in [2.75, 3.05) is 26.2 Å². The maximum atomic E-state index is 12.7. The summed E-state index contributed by atoms with van der Waals surface area (Å²) in [6.07, 6.45) is 3.59. The van der Waals surface area contributed by atoms with Gasteiger partial charge >= 0.3 is 0 Å². The second-order valence-corrected chi connectivity index (χ2v) is 6.39. The smallest absolute Gasteiger partial charge is 0.268 e. The first kappa shape index (κ1) is 20.5. The molecular formula is C21H29N4O2+. The van der Waals surface area contributed by atoms with Crippen molar-refractivity contribution in [1.29, 1.82) is 0 Å². The molecular weight excluding hydrogens is 340 g/mol. The van der Waals surface area contributed by atoms with Crippen LogP contribution in [0.25, 0.3) is 6.08 Å². The van der Waals surface area contributed by atoms with Crippen LogP contribution in [0.3, 0.4) is 0 Å². The van der Waals surface area contributed by atoms with Crippen LogP contribution in [0.2, 0.25) is 0 Å². The molecule has 0 aliphatic carbocycles. The first-order valence-corrected chi connectivity index (χ1v) is 9.36. The van der Waals surface area contributed by atoms with Crippen LogP contribution >= 0.6 is 0 Å². The number of aryl methyl sites for hydroxylation is 1. The predicted octanol–water partition coefficient (Wildman–Crippen LogP) is 0.837. The van der Waals surface area contributed by atoms with E-state index in [0.717, 1.165) is 25.3 Å². The van der Waals surface area contributed by atoms with Gasteiger partial charge in [0.1, 0.15) is 5.70 Å². The summed E-state index contributed by atoms with van der Waals surface area (Å²) < 4.78 is 1.89. The van der Waals surface area contributed by atoms with Crippen LogP contribution < -0.4 is 15.5 Å². The number of carbonyl (C=O) groups excluding carboxylic acids is 2. The molecule has 144 valence electrons. The Bertz CT molecular complexity index is 776. The minimum atomic E-state index is -0.305. The lowest BCUT2D eigenvalue weighted by Crippen LogP contribution is -3.12. The minimum absolute atomic E-state index is 0.236. The fraction of sp³-hybridized carbons (Fsp3) is 0.333. The third-order valence-corrected chi connectivity index (χ3v) is 4.57. The van der Waals surface area contributed by atoms with Crippen molar-refractivity contribution >= 4 is 17.9 Å². The van der Waals surface area contributed by atoms with Crippen molar-refractivity contribution in [3.05, 3.63) is 65.6 Å². The van der Waals surface area contributed by atoms with E-state index >= 15 is 0 Å². The molecule has 0 radical (unpaired) electrons. The Balaban J connectivity index is 2.12. The van der Waals surface area contributed by atoms with Gasteiger partial charge in [0.05, 0.1) is 26.2 Å². The third kappa shape index (κ3) is 6.11. The fourth-order valence-electron chi connectivity index (χ4n) is 2.77. The monoisotopic (exact) mass is 369 g/mol. The molecule has 1 heterocycles. The maximum Gasteiger partial charge on any atom is 0.268 e. The molecule has 0 unspecified atom stereocenters. The first-order valence-electron chi connectivity index (χ1n) is 9.36. The minimum Gasteiger partial charge on any atom is -0.351 e. The molecule has 0 aliphatic heterocycles. The predicted molar refractivity (Wildman–Crippen MR) is 107 cm³/mol. The zero-order valence-electron chi connectivity index (χ0n) is 16.3. The fourth-order valence-corrected chi connectivity index (χ4v) is 2.77. The van der Waals surface area contributed by atoms with Gasteiger partial charge in [0.15, 0.2) is 0 Å². The van der Waals surface area contributed by atoms with Crippen molar-refractivity contribution in [3.63, 3.8) is 0 Å². The molecule has 2 aromatic rings. The molecule has 2 rings (SSSR count). The van der Waals surface area contributed by atoms with Gasteiger partial charge in [0, 0.05) is 24.5 Å². The Labute approximate surface area is 160 Å². The number of likely N-dealkylation sites (N-methyl/N-ethyl adjacent to an activating group) is 1. The molecule has 0 atom stereocenters. The first-order chi connectivity index (χ1) is 13.0. The maximum absolute atomic E-state index is 12.7. The van der Waals surface area contributed by atoms with Gasteiger partial charge in [0.2, 0.25) is 0 Å². The average molecular weight is 369 g/mol. The molecule has 0 aliphatic rings. The van der Waals surface area contributed by atoms with Crippen LogP contribution in [0.4, 0.5) is 0 Å².